The maximum absolute atomic E-state index is 12.9. The summed E-state index contributed by atoms with van der Waals surface area (Å²) in [7, 11) is 2.85. The van der Waals surface area contributed by atoms with Gasteiger partial charge in [-0.3, -0.25) is 4.79 Å². The van der Waals surface area contributed by atoms with Crippen molar-refractivity contribution >= 4 is 24.3 Å². The number of ether oxygens (including phenoxy) is 2. The van der Waals surface area contributed by atoms with E-state index in [4.69, 9.17) is 9.47 Å². The molecule has 0 unspecified atom stereocenters. The van der Waals surface area contributed by atoms with Crippen LogP contribution >= 0.6 is 12.4 Å². The highest BCUT2D eigenvalue weighted by atomic mass is 35.5. The second kappa shape index (κ2) is 8.73. The number of methoxy groups -OCH3 is 2. The van der Waals surface area contributed by atoms with E-state index in [1.807, 2.05) is 6.07 Å². The third-order valence-corrected chi connectivity index (χ3v) is 5.61. The molecule has 26 heavy (non-hydrogen) atoms. The Labute approximate surface area is 160 Å². The zero-order chi connectivity index (χ0) is 17.9. The Bertz CT molecular complexity index is 667. The molecule has 0 spiro atoms. The molecule has 144 valence electrons. The molecule has 1 aromatic rings. The number of carbonyl (C=O) groups is 2. The van der Waals surface area contributed by atoms with E-state index in [0.29, 0.717) is 23.8 Å². The van der Waals surface area contributed by atoms with E-state index in [2.05, 4.69) is 10.6 Å². The quantitative estimate of drug-likeness (QED) is 0.764. The molecule has 1 aliphatic heterocycles. The molecule has 1 saturated heterocycles. The fourth-order valence-corrected chi connectivity index (χ4v) is 4.18. The van der Waals surface area contributed by atoms with Crippen LogP contribution in [0.3, 0.4) is 0 Å². The highest BCUT2D eigenvalue weighted by Crippen LogP contribution is 2.43. The van der Waals surface area contributed by atoms with Gasteiger partial charge in [0.2, 0.25) is 5.91 Å². The third-order valence-electron chi connectivity index (χ3n) is 5.61. The Kier molecular flexibility index (Phi) is 6.89. The van der Waals surface area contributed by atoms with Gasteiger partial charge in [-0.2, -0.15) is 0 Å². The number of fused-ring (bicyclic) bond motifs is 1. The van der Waals surface area contributed by atoms with Crippen LogP contribution < -0.4 is 15.4 Å². The number of rotatable bonds is 5. The van der Waals surface area contributed by atoms with Crippen molar-refractivity contribution in [1.82, 2.24) is 10.6 Å². The summed E-state index contributed by atoms with van der Waals surface area (Å²) in [5.74, 6) is 0.573. The van der Waals surface area contributed by atoms with Crippen LogP contribution in [0.15, 0.2) is 18.2 Å². The summed E-state index contributed by atoms with van der Waals surface area (Å²) in [4.78, 5) is 24.8. The van der Waals surface area contributed by atoms with Gasteiger partial charge in [0, 0.05) is 13.1 Å². The predicted octanol–water partition coefficient (Wildman–Crippen LogP) is 2.30. The van der Waals surface area contributed by atoms with Crippen LogP contribution in [0.25, 0.3) is 0 Å². The van der Waals surface area contributed by atoms with Crippen molar-refractivity contribution in [2.45, 2.75) is 32.2 Å². The molecule has 0 aromatic heterocycles. The van der Waals surface area contributed by atoms with E-state index in [0.717, 1.165) is 37.9 Å². The van der Waals surface area contributed by atoms with Gasteiger partial charge in [0.05, 0.1) is 19.6 Å². The molecule has 6 nitrogen and oxygen atoms in total. The maximum Gasteiger partial charge on any atom is 0.341 e. The fraction of sp³-hybridized carbons (Fsp3) is 0.579. The minimum absolute atomic E-state index is 0. The number of esters is 1. The summed E-state index contributed by atoms with van der Waals surface area (Å²) in [6.07, 6.45) is 4.39. The lowest BCUT2D eigenvalue weighted by molar-refractivity contribution is -0.134. The lowest BCUT2D eigenvalue weighted by Gasteiger charge is -2.37. The van der Waals surface area contributed by atoms with Crippen LogP contribution in [0.4, 0.5) is 0 Å². The Balaban J connectivity index is 0.00000243. The summed E-state index contributed by atoms with van der Waals surface area (Å²) in [6.45, 7) is 2.09. The van der Waals surface area contributed by atoms with E-state index in [1.165, 1.54) is 20.6 Å². The van der Waals surface area contributed by atoms with Crippen molar-refractivity contribution in [3.05, 3.63) is 29.3 Å². The van der Waals surface area contributed by atoms with E-state index in [9.17, 15) is 9.59 Å². The van der Waals surface area contributed by atoms with Crippen molar-refractivity contribution in [3.8, 4) is 5.75 Å². The van der Waals surface area contributed by atoms with Crippen molar-refractivity contribution in [1.29, 1.82) is 0 Å². The Hall–Kier alpha value is -1.79. The highest BCUT2D eigenvalue weighted by molar-refractivity contribution is 5.92. The zero-order valence-electron chi connectivity index (χ0n) is 15.3. The summed E-state index contributed by atoms with van der Waals surface area (Å²) in [6, 6.07) is 5.30. The van der Waals surface area contributed by atoms with Gasteiger partial charge in [-0.1, -0.05) is 18.9 Å². The van der Waals surface area contributed by atoms with Crippen LogP contribution in [0, 0.1) is 11.3 Å². The molecule has 7 heteroatoms. The van der Waals surface area contributed by atoms with Gasteiger partial charge >= 0.3 is 5.97 Å². The smallest absolute Gasteiger partial charge is 0.341 e. The molecular formula is C19H27ClN2O4. The van der Waals surface area contributed by atoms with Crippen molar-refractivity contribution in [2.75, 3.05) is 27.3 Å². The molecule has 1 heterocycles. The minimum Gasteiger partial charge on any atom is -0.496 e. The van der Waals surface area contributed by atoms with Gasteiger partial charge in [-0.05, 0) is 43.0 Å². The molecule has 1 aromatic carbocycles. The molecule has 0 bridgehead atoms. The molecule has 3 rings (SSSR count). The van der Waals surface area contributed by atoms with Crippen LogP contribution in [0.2, 0.25) is 0 Å². The largest absolute Gasteiger partial charge is 0.496 e. The van der Waals surface area contributed by atoms with E-state index in [-0.39, 0.29) is 23.7 Å². The fourth-order valence-electron chi connectivity index (χ4n) is 4.18. The van der Waals surface area contributed by atoms with E-state index >= 15 is 0 Å². The van der Waals surface area contributed by atoms with Crippen molar-refractivity contribution < 1.29 is 19.1 Å². The molecule has 0 radical (unpaired) electrons. The first-order valence-electron chi connectivity index (χ1n) is 8.85. The lowest BCUT2D eigenvalue weighted by Crippen LogP contribution is -2.47. The average Bonchev–Trinajstić information content (AvgIpc) is 3.10. The predicted molar refractivity (Wildman–Crippen MR) is 101 cm³/mol. The SMILES string of the molecule is COC(=O)c1cc(CNC(=O)[C@@]23CCCC[C@H]2CNC3)ccc1OC.Cl. The number of nitrogens with one attached hydrogen (secondary N) is 2. The van der Waals surface area contributed by atoms with Gasteiger partial charge in [-0.15, -0.1) is 12.4 Å². The normalized spacial score (nSPS) is 24.2. The summed E-state index contributed by atoms with van der Waals surface area (Å²) < 4.78 is 10.00. The van der Waals surface area contributed by atoms with E-state index < -0.39 is 5.97 Å². The first-order valence-corrected chi connectivity index (χ1v) is 8.85. The molecule has 1 amide bonds. The number of carbonyl (C=O) groups excluding carboxylic acids is 2. The first kappa shape index (κ1) is 20.5. The number of amides is 1. The minimum atomic E-state index is -0.448. The number of benzene rings is 1. The number of halogens is 1. The molecule has 2 N–H and O–H groups in total. The monoisotopic (exact) mass is 382 g/mol. The zero-order valence-corrected chi connectivity index (χ0v) is 16.1. The number of hydrogen-bond donors (Lipinski definition) is 2. The topological polar surface area (TPSA) is 76.7 Å². The highest BCUT2D eigenvalue weighted by Gasteiger charge is 2.49. The molecule has 2 fully saturated rings. The average molecular weight is 383 g/mol. The van der Waals surface area contributed by atoms with Gasteiger partial charge in [0.15, 0.2) is 0 Å². The number of hydrogen-bond acceptors (Lipinski definition) is 5. The second-order valence-electron chi connectivity index (χ2n) is 6.94. The van der Waals surface area contributed by atoms with Crippen LogP contribution in [-0.2, 0) is 16.1 Å². The van der Waals surface area contributed by atoms with Crippen molar-refractivity contribution in [2.24, 2.45) is 11.3 Å². The van der Waals surface area contributed by atoms with E-state index in [1.54, 1.807) is 12.1 Å². The summed E-state index contributed by atoms with van der Waals surface area (Å²) in [5.41, 5.74) is 0.952. The lowest BCUT2D eigenvalue weighted by atomic mass is 9.67. The Morgan fingerprint density at radius 1 is 1.31 bits per heavy atom. The van der Waals surface area contributed by atoms with Crippen LogP contribution in [0.5, 0.6) is 5.75 Å². The third kappa shape index (κ3) is 3.81. The second-order valence-corrected chi connectivity index (χ2v) is 6.94. The standard InChI is InChI=1S/C19H26N2O4.ClH/c1-24-16-7-6-13(9-15(16)17(22)25-2)10-21-18(23)19-8-4-3-5-14(19)11-20-12-19;/h6-7,9,14,20H,3-5,8,10-12H2,1-2H3,(H,21,23);1H/t14-,19+;/m0./s1. The first-order chi connectivity index (χ1) is 12.1. The summed E-state index contributed by atoms with van der Waals surface area (Å²) in [5, 5.41) is 6.47. The Morgan fingerprint density at radius 3 is 2.85 bits per heavy atom. The van der Waals surface area contributed by atoms with Crippen LogP contribution in [0.1, 0.15) is 41.6 Å². The molecule has 1 aliphatic carbocycles. The molecular weight excluding hydrogens is 356 g/mol. The van der Waals surface area contributed by atoms with Gasteiger partial charge < -0.3 is 20.1 Å². The Morgan fingerprint density at radius 2 is 2.12 bits per heavy atom. The molecule has 1 saturated carbocycles. The van der Waals surface area contributed by atoms with Crippen LogP contribution in [-0.4, -0.2) is 39.2 Å². The van der Waals surface area contributed by atoms with Gasteiger partial charge in [0.25, 0.3) is 0 Å². The van der Waals surface area contributed by atoms with Gasteiger partial charge in [0.1, 0.15) is 11.3 Å². The van der Waals surface area contributed by atoms with Crippen molar-refractivity contribution in [3.63, 3.8) is 0 Å². The summed E-state index contributed by atoms with van der Waals surface area (Å²) >= 11 is 0. The maximum atomic E-state index is 12.9. The molecule has 2 aliphatic rings. The van der Waals surface area contributed by atoms with Gasteiger partial charge in [-0.25, -0.2) is 4.79 Å². The molecule has 2 atom stereocenters.